The van der Waals surface area contributed by atoms with Crippen LogP contribution >= 0.6 is 0 Å². The molecule has 1 aliphatic carbocycles. The van der Waals surface area contributed by atoms with E-state index in [2.05, 4.69) is 73.5 Å². The average molecular weight is 521 g/mol. The second kappa shape index (κ2) is 12.0. The van der Waals surface area contributed by atoms with E-state index in [0.29, 0.717) is 24.5 Å². The molecule has 1 N–H and O–H groups in total. The predicted molar refractivity (Wildman–Crippen MR) is 154 cm³/mol. The molecule has 208 valence electrons. The van der Waals surface area contributed by atoms with Gasteiger partial charge < -0.3 is 24.4 Å². The van der Waals surface area contributed by atoms with E-state index in [-0.39, 0.29) is 11.5 Å². The summed E-state index contributed by atoms with van der Waals surface area (Å²) in [5.74, 6) is 3.75. The molecule has 3 aliphatic rings. The molecule has 38 heavy (non-hydrogen) atoms. The Morgan fingerprint density at radius 1 is 1.13 bits per heavy atom. The van der Waals surface area contributed by atoms with Crippen LogP contribution in [-0.2, 0) is 23.1 Å². The van der Waals surface area contributed by atoms with E-state index in [1.807, 2.05) is 7.11 Å². The third kappa shape index (κ3) is 5.35. The lowest BCUT2D eigenvalue weighted by atomic mass is 9.58. The van der Waals surface area contributed by atoms with Crippen LogP contribution in [0.3, 0.4) is 0 Å². The molecule has 0 aromatic heterocycles. The first kappa shape index (κ1) is 27.5. The van der Waals surface area contributed by atoms with Crippen LogP contribution in [-0.4, -0.2) is 57.5 Å². The number of likely N-dealkylation sites (tertiary alicyclic amines) is 1. The Balaban J connectivity index is 1.47. The van der Waals surface area contributed by atoms with Crippen LogP contribution in [0.1, 0.15) is 63.1 Å². The van der Waals surface area contributed by atoms with Crippen molar-refractivity contribution >= 4 is 0 Å². The Labute approximate surface area is 230 Å². The standard InChI is InChI=1S/C33H48N2O3/c1-6-27-14-15-29(37-5)32-31(27)33(30(38-32)22-36-4)16-17-35(21-26-12-13-26)24(3)28(33)18-23(2)19-34-20-25-10-8-7-9-11-25/h7-11,14-15,23-24,26,28,30,34H,6,12-13,16-22H2,1-5H3/t23?,24?,28?,30-,33?/m0/s1. The van der Waals surface area contributed by atoms with Crippen LogP contribution < -0.4 is 14.8 Å². The van der Waals surface area contributed by atoms with Crippen molar-refractivity contribution in [2.24, 2.45) is 17.8 Å². The Morgan fingerprint density at radius 3 is 2.61 bits per heavy atom. The van der Waals surface area contributed by atoms with Gasteiger partial charge in [0.1, 0.15) is 6.10 Å². The highest BCUT2D eigenvalue weighted by atomic mass is 16.5. The minimum Gasteiger partial charge on any atom is -0.493 e. The van der Waals surface area contributed by atoms with Gasteiger partial charge in [-0.3, -0.25) is 0 Å². The summed E-state index contributed by atoms with van der Waals surface area (Å²) in [4.78, 5) is 2.80. The van der Waals surface area contributed by atoms with Gasteiger partial charge >= 0.3 is 0 Å². The Hall–Kier alpha value is -2.08. The number of rotatable bonds is 12. The van der Waals surface area contributed by atoms with E-state index >= 15 is 0 Å². The summed E-state index contributed by atoms with van der Waals surface area (Å²) >= 11 is 0. The van der Waals surface area contributed by atoms with Crippen LogP contribution in [0.2, 0.25) is 0 Å². The van der Waals surface area contributed by atoms with Crippen LogP contribution in [0.4, 0.5) is 0 Å². The maximum Gasteiger partial charge on any atom is 0.165 e. The zero-order chi connectivity index (χ0) is 26.7. The quantitative estimate of drug-likeness (QED) is 0.381. The van der Waals surface area contributed by atoms with Gasteiger partial charge in [0.25, 0.3) is 0 Å². The molecule has 2 aromatic rings. The lowest BCUT2D eigenvalue weighted by molar-refractivity contribution is -0.0449. The molecule has 4 unspecified atom stereocenters. The third-order valence-electron chi connectivity index (χ3n) is 9.57. The first-order valence-electron chi connectivity index (χ1n) is 14.9. The van der Waals surface area contributed by atoms with Gasteiger partial charge in [0.2, 0.25) is 0 Å². The number of ether oxygens (including phenoxy) is 3. The number of hydrogen-bond donors (Lipinski definition) is 1. The molecule has 0 radical (unpaired) electrons. The molecule has 0 bridgehead atoms. The molecule has 1 saturated heterocycles. The molecule has 2 fully saturated rings. The van der Waals surface area contributed by atoms with Gasteiger partial charge in [-0.15, -0.1) is 0 Å². The molecule has 0 amide bonds. The Kier molecular flexibility index (Phi) is 8.66. The number of nitrogens with zero attached hydrogens (tertiary/aromatic N) is 1. The molecular weight excluding hydrogens is 472 g/mol. The van der Waals surface area contributed by atoms with E-state index in [1.54, 1.807) is 7.11 Å². The number of aryl methyl sites for hydroxylation is 1. The Morgan fingerprint density at radius 2 is 1.92 bits per heavy atom. The molecule has 5 nitrogen and oxygen atoms in total. The number of hydrogen-bond acceptors (Lipinski definition) is 5. The van der Waals surface area contributed by atoms with Gasteiger partial charge in [-0.05, 0) is 87.1 Å². The summed E-state index contributed by atoms with van der Waals surface area (Å²) in [6.07, 6.45) is 6.07. The highest BCUT2D eigenvalue weighted by Crippen LogP contribution is 2.59. The zero-order valence-corrected chi connectivity index (χ0v) is 24.2. The van der Waals surface area contributed by atoms with E-state index in [1.165, 1.54) is 36.1 Å². The molecule has 2 aromatic carbocycles. The molecule has 1 saturated carbocycles. The van der Waals surface area contributed by atoms with Gasteiger partial charge in [0.15, 0.2) is 11.5 Å². The van der Waals surface area contributed by atoms with Crippen LogP contribution in [0.25, 0.3) is 0 Å². The van der Waals surface area contributed by atoms with Gasteiger partial charge in [-0.2, -0.15) is 0 Å². The van der Waals surface area contributed by atoms with Crippen molar-refractivity contribution < 1.29 is 14.2 Å². The minimum absolute atomic E-state index is 0.00380. The van der Waals surface area contributed by atoms with Crippen molar-refractivity contribution in [3.8, 4) is 11.5 Å². The molecule has 1 spiro atoms. The van der Waals surface area contributed by atoms with E-state index in [4.69, 9.17) is 14.2 Å². The molecule has 2 aliphatic heterocycles. The normalized spacial score (nSPS) is 27.8. The topological polar surface area (TPSA) is 43.0 Å². The number of methoxy groups -OCH3 is 2. The fourth-order valence-electron chi connectivity index (χ4n) is 7.41. The van der Waals surface area contributed by atoms with Crippen molar-refractivity contribution in [3.05, 3.63) is 59.2 Å². The summed E-state index contributed by atoms with van der Waals surface area (Å²) in [7, 11) is 3.58. The van der Waals surface area contributed by atoms with Crippen molar-refractivity contribution in [3.63, 3.8) is 0 Å². The lowest BCUT2D eigenvalue weighted by Gasteiger charge is -2.53. The molecule has 5 heteroatoms. The highest BCUT2D eigenvalue weighted by Gasteiger charge is 2.59. The third-order valence-corrected chi connectivity index (χ3v) is 9.57. The predicted octanol–water partition coefficient (Wildman–Crippen LogP) is 5.84. The van der Waals surface area contributed by atoms with Gasteiger partial charge in [-0.1, -0.05) is 50.2 Å². The van der Waals surface area contributed by atoms with Crippen molar-refractivity contribution in [1.82, 2.24) is 10.2 Å². The van der Waals surface area contributed by atoms with E-state index in [9.17, 15) is 0 Å². The largest absolute Gasteiger partial charge is 0.493 e. The van der Waals surface area contributed by atoms with E-state index < -0.39 is 0 Å². The monoisotopic (exact) mass is 520 g/mol. The van der Waals surface area contributed by atoms with Gasteiger partial charge in [0.05, 0.1) is 13.7 Å². The number of benzene rings is 2. The van der Waals surface area contributed by atoms with Crippen molar-refractivity contribution in [2.45, 2.75) is 77.0 Å². The highest BCUT2D eigenvalue weighted by molar-refractivity contribution is 5.59. The zero-order valence-electron chi connectivity index (χ0n) is 24.2. The maximum absolute atomic E-state index is 6.85. The second-order valence-corrected chi connectivity index (χ2v) is 12.1. The first-order valence-corrected chi connectivity index (χ1v) is 14.9. The smallest absolute Gasteiger partial charge is 0.165 e. The average Bonchev–Trinajstić information content (AvgIpc) is 3.70. The summed E-state index contributed by atoms with van der Waals surface area (Å²) in [5.41, 5.74) is 4.09. The molecule has 2 heterocycles. The van der Waals surface area contributed by atoms with Crippen LogP contribution in [0, 0.1) is 17.8 Å². The second-order valence-electron chi connectivity index (χ2n) is 12.1. The van der Waals surface area contributed by atoms with Crippen molar-refractivity contribution in [2.75, 3.05) is 40.5 Å². The SMILES string of the molecule is CCc1ccc(OC)c2c1C1(CCN(CC3CC3)C(C)C1CC(C)CNCc1ccccc1)[C@H](COC)O2. The molecule has 5 atom stereocenters. The first-order chi connectivity index (χ1) is 18.5. The lowest BCUT2D eigenvalue weighted by Crippen LogP contribution is -2.60. The maximum atomic E-state index is 6.85. The number of nitrogens with one attached hydrogen (secondary N) is 1. The molecular formula is C33H48N2O3. The summed E-state index contributed by atoms with van der Waals surface area (Å²) in [5, 5.41) is 3.75. The van der Waals surface area contributed by atoms with Crippen LogP contribution in [0.15, 0.2) is 42.5 Å². The molecule has 5 rings (SSSR count). The Bertz CT molecular complexity index is 1060. The summed E-state index contributed by atoms with van der Waals surface area (Å²) in [6, 6.07) is 15.6. The van der Waals surface area contributed by atoms with Crippen LogP contribution in [0.5, 0.6) is 11.5 Å². The van der Waals surface area contributed by atoms with Crippen molar-refractivity contribution in [1.29, 1.82) is 0 Å². The summed E-state index contributed by atoms with van der Waals surface area (Å²) < 4.78 is 18.5. The van der Waals surface area contributed by atoms with E-state index in [0.717, 1.165) is 56.3 Å². The number of fused-ring (bicyclic) bond motifs is 2. The number of piperidine rings is 1. The minimum atomic E-state index is -0.0710. The summed E-state index contributed by atoms with van der Waals surface area (Å²) in [6.45, 7) is 12.1. The van der Waals surface area contributed by atoms with Gasteiger partial charge in [-0.25, -0.2) is 0 Å². The fourth-order valence-corrected chi connectivity index (χ4v) is 7.41. The fraction of sp³-hybridized carbons (Fsp3) is 0.636. The van der Waals surface area contributed by atoms with Gasteiger partial charge in [0, 0.05) is 37.2 Å².